The Balaban J connectivity index is 0.00000364. The van der Waals surface area contributed by atoms with Crippen LogP contribution in [0.2, 0.25) is 0 Å². The number of sulfonamides is 1. The molecule has 1 unspecified atom stereocenters. The van der Waals surface area contributed by atoms with Gasteiger partial charge in [-0.3, -0.25) is 4.99 Å². The lowest BCUT2D eigenvalue weighted by Gasteiger charge is -2.18. The van der Waals surface area contributed by atoms with Gasteiger partial charge >= 0.3 is 0 Å². The van der Waals surface area contributed by atoms with Crippen LogP contribution in [0.25, 0.3) is 0 Å². The molecular formula is C18H27IN4O2S2. The van der Waals surface area contributed by atoms with E-state index in [0.29, 0.717) is 28.9 Å². The third-order valence-corrected chi connectivity index (χ3v) is 6.71. The van der Waals surface area contributed by atoms with E-state index in [1.165, 1.54) is 24.0 Å². The molecule has 0 saturated carbocycles. The molecule has 6 nitrogen and oxygen atoms in total. The molecule has 2 aromatic rings. The zero-order chi connectivity index (χ0) is 19.2. The Kier molecular flexibility index (Phi) is 9.71. The molecule has 0 spiro atoms. The molecule has 2 rings (SSSR count). The number of thiophene rings is 1. The van der Waals surface area contributed by atoms with E-state index in [1.54, 1.807) is 30.5 Å². The zero-order valence-electron chi connectivity index (χ0n) is 16.0. The van der Waals surface area contributed by atoms with Crippen LogP contribution < -0.4 is 10.6 Å². The lowest BCUT2D eigenvalue weighted by molar-refractivity contribution is 0.519. The largest absolute Gasteiger partial charge is 0.356 e. The molecule has 150 valence electrons. The highest BCUT2D eigenvalue weighted by atomic mass is 127. The number of guanidine groups is 1. The molecule has 0 amide bonds. The summed E-state index contributed by atoms with van der Waals surface area (Å²) in [5.74, 6) is 1.00. The summed E-state index contributed by atoms with van der Waals surface area (Å²) in [6, 6.07) is 9.12. The van der Waals surface area contributed by atoms with Gasteiger partial charge in [-0.25, -0.2) is 12.7 Å². The van der Waals surface area contributed by atoms with Gasteiger partial charge in [0, 0.05) is 34.2 Å². The molecule has 27 heavy (non-hydrogen) atoms. The van der Waals surface area contributed by atoms with E-state index in [9.17, 15) is 8.42 Å². The van der Waals surface area contributed by atoms with Crippen LogP contribution in [-0.2, 0) is 16.6 Å². The molecule has 1 aromatic heterocycles. The van der Waals surface area contributed by atoms with Crippen LogP contribution in [-0.4, -0.2) is 46.4 Å². The number of rotatable bonds is 7. The van der Waals surface area contributed by atoms with Crippen molar-refractivity contribution in [2.45, 2.75) is 24.3 Å². The van der Waals surface area contributed by atoms with Crippen LogP contribution in [0.15, 0.2) is 51.0 Å². The molecule has 1 aromatic carbocycles. The lowest BCUT2D eigenvalue weighted by atomic mass is 10.1. The molecular weight excluding hydrogens is 495 g/mol. The van der Waals surface area contributed by atoms with Gasteiger partial charge in [0.2, 0.25) is 10.0 Å². The maximum absolute atomic E-state index is 12.5. The van der Waals surface area contributed by atoms with E-state index in [4.69, 9.17) is 0 Å². The number of aliphatic imine (C=N–C) groups is 1. The fourth-order valence-corrected chi connectivity index (χ4v) is 4.32. The third kappa shape index (κ3) is 6.44. The van der Waals surface area contributed by atoms with Crippen molar-refractivity contribution in [1.82, 2.24) is 14.9 Å². The summed E-state index contributed by atoms with van der Waals surface area (Å²) < 4.78 is 26.2. The van der Waals surface area contributed by atoms with Crippen LogP contribution in [0.4, 0.5) is 0 Å². The lowest BCUT2D eigenvalue weighted by Crippen LogP contribution is -2.39. The van der Waals surface area contributed by atoms with Crippen molar-refractivity contribution in [2.75, 3.05) is 27.7 Å². The number of halogens is 1. The Hall–Kier alpha value is -1.17. The minimum absolute atomic E-state index is 0. The van der Waals surface area contributed by atoms with E-state index in [1.807, 2.05) is 12.1 Å². The van der Waals surface area contributed by atoms with Crippen LogP contribution in [0.1, 0.15) is 24.0 Å². The Bertz CT molecular complexity index is 837. The second kappa shape index (κ2) is 11.0. The first kappa shape index (κ1) is 23.9. The molecule has 0 fully saturated rings. The molecule has 0 aliphatic carbocycles. The monoisotopic (exact) mass is 522 g/mol. The highest BCUT2D eigenvalue weighted by Gasteiger charge is 2.20. The van der Waals surface area contributed by atoms with Crippen molar-refractivity contribution in [1.29, 1.82) is 0 Å². The van der Waals surface area contributed by atoms with Crippen molar-refractivity contribution in [3.8, 4) is 0 Å². The van der Waals surface area contributed by atoms with E-state index < -0.39 is 10.0 Å². The summed E-state index contributed by atoms with van der Waals surface area (Å²) in [5, 5.41) is 10.7. The minimum atomic E-state index is -3.48. The number of hydrogen-bond acceptors (Lipinski definition) is 4. The second-order valence-electron chi connectivity index (χ2n) is 6.16. The Morgan fingerprint density at radius 2 is 1.93 bits per heavy atom. The SMILES string of the molecule is CN=C(NCc1ccccc1S(=O)(=O)N(C)C)NCC(C)c1ccsc1.I. The molecule has 0 bridgehead atoms. The quantitative estimate of drug-likeness (QED) is 0.333. The second-order valence-corrected chi connectivity index (χ2v) is 9.06. The average molecular weight is 522 g/mol. The predicted molar refractivity (Wildman–Crippen MR) is 124 cm³/mol. The fourth-order valence-electron chi connectivity index (χ4n) is 2.42. The summed E-state index contributed by atoms with van der Waals surface area (Å²) in [4.78, 5) is 4.53. The smallest absolute Gasteiger partial charge is 0.242 e. The fraction of sp³-hybridized carbons (Fsp3) is 0.389. The highest BCUT2D eigenvalue weighted by molar-refractivity contribution is 14.0. The van der Waals surface area contributed by atoms with Gasteiger partial charge in [0.1, 0.15) is 0 Å². The van der Waals surface area contributed by atoms with E-state index in [2.05, 4.69) is 39.4 Å². The summed E-state index contributed by atoms with van der Waals surface area (Å²) in [6.45, 7) is 3.27. The molecule has 0 saturated heterocycles. The van der Waals surface area contributed by atoms with Gasteiger partial charge in [-0.2, -0.15) is 11.3 Å². The molecule has 0 aliphatic heterocycles. The summed E-state index contributed by atoms with van der Waals surface area (Å²) in [6.07, 6.45) is 0. The number of nitrogens with zero attached hydrogens (tertiary/aromatic N) is 2. The first-order chi connectivity index (χ1) is 12.4. The number of benzene rings is 1. The van der Waals surface area contributed by atoms with Gasteiger partial charge in [-0.05, 0) is 39.9 Å². The van der Waals surface area contributed by atoms with Crippen LogP contribution in [0.3, 0.4) is 0 Å². The van der Waals surface area contributed by atoms with E-state index >= 15 is 0 Å². The van der Waals surface area contributed by atoms with E-state index in [0.717, 1.165) is 6.54 Å². The van der Waals surface area contributed by atoms with Gasteiger partial charge in [0.15, 0.2) is 5.96 Å². The predicted octanol–water partition coefficient (Wildman–Crippen LogP) is 3.09. The van der Waals surface area contributed by atoms with Gasteiger partial charge < -0.3 is 10.6 Å². The van der Waals surface area contributed by atoms with E-state index in [-0.39, 0.29) is 24.0 Å². The standard InChI is InChI=1S/C18H26N4O2S2.HI/c1-14(16-9-10-25-13-16)11-20-18(19-2)21-12-15-7-5-6-8-17(15)26(23,24)22(3)4;/h5-10,13-14H,11-12H2,1-4H3,(H2,19,20,21);1H. The normalized spacial score (nSPS) is 13.1. The van der Waals surface area contributed by atoms with Crippen molar-refractivity contribution in [2.24, 2.45) is 4.99 Å². The molecule has 1 heterocycles. The first-order valence-corrected chi connectivity index (χ1v) is 10.7. The molecule has 0 radical (unpaired) electrons. The summed E-state index contributed by atoms with van der Waals surface area (Å²) in [7, 11) is 1.29. The van der Waals surface area contributed by atoms with Crippen molar-refractivity contribution in [3.05, 3.63) is 52.2 Å². The third-order valence-electron chi connectivity index (χ3n) is 4.09. The maximum atomic E-state index is 12.5. The van der Waals surface area contributed by atoms with Gasteiger partial charge in [0.05, 0.1) is 4.90 Å². The molecule has 2 N–H and O–H groups in total. The minimum Gasteiger partial charge on any atom is -0.356 e. The van der Waals surface area contributed by atoms with Crippen LogP contribution in [0, 0.1) is 0 Å². The van der Waals surface area contributed by atoms with Gasteiger partial charge in [0.25, 0.3) is 0 Å². The molecule has 9 heteroatoms. The Morgan fingerprint density at radius 3 is 2.52 bits per heavy atom. The highest BCUT2D eigenvalue weighted by Crippen LogP contribution is 2.19. The average Bonchev–Trinajstić information content (AvgIpc) is 3.16. The van der Waals surface area contributed by atoms with Crippen LogP contribution in [0.5, 0.6) is 0 Å². The van der Waals surface area contributed by atoms with Gasteiger partial charge in [-0.15, -0.1) is 24.0 Å². The molecule has 1 atom stereocenters. The van der Waals surface area contributed by atoms with Crippen LogP contribution >= 0.6 is 35.3 Å². The Morgan fingerprint density at radius 1 is 1.22 bits per heavy atom. The Labute approximate surface area is 183 Å². The topological polar surface area (TPSA) is 73.8 Å². The molecule has 0 aliphatic rings. The summed E-state index contributed by atoms with van der Waals surface area (Å²) >= 11 is 1.69. The number of hydrogen-bond donors (Lipinski definition) is 2. The maximum Gasteiger partial charge on any atom is 0.242 e. The van der Waals surface area contributed by atoms with Crippen molar-refractivity contribution in [3.63, 3.8) is 0 Å². The van der Waals surface area contributed by atoms with Crippen molar-refractivity contribution < 1.29 is 8.42 Å². The summed E-state index contributed by atoms with van der Waals surface area (Å²) in [5.41, 5.74) is 2.00. The first-order valence-electron chi connectivity index (χ1n) is 8.33. The van der Waals surface area contributed by atoms with Crippen molar-refractivity contribution >= 4 is 51.3 Å². The zero-order valence-corrected chi connectivity index (χ0v) is 19.9. The van der Waals surface area contributed by atoms with Gasteiger partial charge in [-0.1, -0.05) is 25.1 Å². The number of nitrogens with one attached hydrogen (secondary N) is 2.